The first-order valence-electron chi connectivity index (χ1n) is 6.27. The van der Waals surface area contributed by atoms with Gasteiger partial charge in [0.2, 0.25) is 0 Å². The van der Waals surface area contributed by atoms with Gasteiger partial charge in [0, 0.05) is 15.7 Å². The van der Waals surface area contributed by atoms with Gasteiger partial charge in [-0.05, 0) is 37.3 Å². The minimum Gasteiger partial charge on any atom is -0.496 e. The van der Waals surface area contributed by atoms with E-state index in [0.717, 1.165) is 4.47 Å². The lowest BCUT2D eigenvalue weighted by Gasteiger charge is -2.10. The smallest absolute Gasteiger partial charge is 0.259 e. The summed E-state index contributed by atoms with van der Waals surface area (Å²) in [6.45, 7) is 1.48. The SMILES string of the molecule is COc1cc(Br)ccc1C(=O)Nc1cccc(C(C)=O)c1. The summed E-state index contributed by atoms with van der Waals surface area (Å²) in [5.74, 6) is 0.136. The van der Waals surface area contributed by atoms with E-state index in [1.165, 1.54) is 14.0 Å². The van der Waals surface area contributed by atoms with Crippen molar-refractivity contribution in [2.75, 3.05) is 12.4 Å². The molecule has 0 saturated carbocycles. The predicted octanol–water partition coefficient (Wildman–Crippen LogP) is 3.91. The molecule has 1 N–H and O–H groups in total. The molecule has 0 aliphatic carbocycles. The van der Waals surface area contributed by atoms with E-state index in [4.69, 9.17) is 4.74 Å². The summed E-state index contributed by atoms with van der Waals surface area (Å²) < 4.78 is 6.03. The number of carbonyl (C=O) groups excluding carboxylic acids is 2. The molecule has 2 rings (SSSR count). The van der Waals surface area contributed by atoms with Crippen LogP contribution in [0.5, 0.6) is 5.75 Å². The van der Waals surface area contributed by atoms with E-state index in [0.29, 0.717) is 22.6 Å². The van der Waals surface area contributed by atoms with Crippen LogP contribution >= 0.6 is 15.9 Å². The Bertz CT molecular complexity index is 698. The molecule has 0 bridgehead atoms. The highest BCUT2D eigenvalue weighted by Gasteiger charge is 2.13. The fraction of sp³-hybridized carbons (Fsp3) is 0.125. The van der Waals surface area contributed by atoms with Gasteiger partial charge in [-0.3, -0.25) is 9.59 Å². The molecule has 1 amide bonds. The van der Waals surface area contributed by atoms with Gasteiger partial charge in [-0.2, -0.15) is 0 Å². The van der Waals surface area contributed by atoms with Crippen LogP contribution in [0.25, 0.3) is 0 Å². The monoisotopic (exact) mass is 347 g/mol. The van der Waals surface area contributed by atoms with Crippen molar-refractivity contribution in [1.82, 2.24) is 0 Å². The van der Waals surface area contributed by atoms with E-state index in [9.17, 15) is 9.59 Å². The highest BCUT2D eigenvalue weighted by Crippen LogP contribution is 2.24. The van der Waals surface area contributed by atoms with Crippen molar-refractivity contribution in [2.45, 2.75) is 6.92 Å². The van der Waals surface area contributed by atoms with Crippen LogP contribution in [0.15, 0.2) is 46.9 Å². The molecule has 0 heterocycles. The Kier molecular flexibility index (Phi) is 4.75. The molecule has 0 aliphatic heterocycles. The normalized spacial score (nSPS) is 10.0. The van der Waals surface area contributed by atoms with Gasteiger partial charge in [-0.25, -0.2) is 0 Å². The second-order valence-corrected chi connectivity index (χ2v) is 5.35. The maximum atomic E-state index is 12.3. The van der Waals surface area contributed by atoms with Crippen molar-refractivity contribution in [1.29, 1.82) is 0 Å². The van der Waals surface area contributed by atoms with Crippen LogP contribution in [0.1, 0.15) is 27.6 Å². The number of methoxy groups -OCH3 is 1. The van der Waals surface area contributed by atoms with Crippen molar-refractivity contribution in [3.63, 3.8) is 0 Å². The molecular formula is C16H14BrNO3. The summed E-state index contributed by atoms with van der Waals surface area (Å²) in [6, 6.07) is 12.0. The van der Waals surface area contributed by atoms with E-state index in [1.54, 1.807) is 42.5 Å². The minimum absolute atomic E-state index is 0.0488. The molecule has 0 saturated heterocycles. The Balaban J connectivity index is 2.26. The Hall–Kier alpha value is -2.14. The van der Waals surface area contributed by atoms with E-state index < -0.39 is 0 Å². The molecule has 2 aromatic carbocycles. The Morgan fingerprint density at radius 1 is 1.14 bits per heavy atom. The molecule has 0 unspecified atom stereocenters. The number of rotatable bonds is 4. The van der Waals surface area contributed by atoms with Crippen LogP contribution in [0, 0.1) is 0 Å². The van der Waals surface area contributed by atoms with Crippen molar-refractivity contribution in [2.24, 2.45) is 0 Å². The number of Topliss-reactive ketones (excluding diaryl/α,β-unsaturated/α-hetero) is 1. The van der Waals surface area contributed by atoms with Gasteiger partial charge in [-0.1, -0.05) is 28.1 Å². The third kappa shape index (κ3) is 3.70. The molecule has 0 radical (unpaired) electrons. The quantitative estimate of drug-likeness (QED) is 0.853. The van der Waals surface area contributed by atoms with Gasteiger partial charge in [0.25, 0.3) is 5.91 Å². The zero-order chi connectivity index (χ0) is 15.4. The molecule has 0 aliphatic rings. The average molecular weight is 348 g/mol. The topological polar surface area (TPSA) is 55.4 Å². The number of carbonyl (C=O) groups is 2. The summed E-state index contributed by atoms with van der Waals surface area (Å²) in [7, 11) is 1.51. The molecule has 0 spiro atoms. The maximum absolute atomic E-state index is 12.3. The number of nitrogens with one attached hydrogen (secondary N) is 1. The second-order valence-electron chi connectivity index (χ2n) is 4.44. The highest BCUT2D eigenvalue weighted by molar-refractivity contribution is 9.10. The Morgan fingerprint density at radius 3 is 2.57 bits per heavy atom. The summed E-state index contributed by atoms with van der Waals surface area (Å²) in [5.41, 5.74) is 1.54. The number of anilines is 1. The average Bonchev–Trinajstić information content (AvgIpc) is 2.47. The van der Waals surface area contributed by atoms with Crippen LogP contribution in [-0.2, 0) is 0 Å². The standard InChI is InChI=1S/C16H14BrNO3/c1-10(19)11-4-3-5-13(8-11)18-16(20)14-7-6-12(17)9-15(14)21-2/h3-9H,1-2H3,(H,18,20). The van der Waals surface area contributed by atoms with Crippen LogP contribution in [0.2, 0.25) is 0 Å². The third-order valence-electron chi connectivity index (χ3n) is 2.94. The third-order valence-corrected chi connectivity index (χ3v) is 3.43. The molecule has 21 heavy (non-hydrogen) atoms. The van der Waals surface area contributed by atoms with Crippen LogP contribution < -0.4 is 10.1 Å². The minimum atomic E-state index is -0.292. The highest BCUT2D eigenvalue weighted by atomic mass is 79.9. The number of hydrogen-bond acceptors (Lipinski definition) is 3. The van der Waals surface area contributed by atoms with Crippen LogP contribution in [-0.4, -0.2) is 18.8 Å². The molecule has 108 valence electrons. The fourth-order valence-corrected chi connectivity index (χ4v) is 2.21. The van der Waals surface area contributed by atoms with Gasteiger partial charge in [-0.15, -0.1) is 0 Å². The van der Waals surface area contributed by atoms with Crippen LogP contribution in [0.3, 0.4) is 0 Å². The summed E-state index contributed by atoms with van der Waals surface area (Å²) >= 11 is 3.33. The van der Waals surface area contributed by atoms with Crippen molar-refractivity contribution < 1.29 is 14.3 Å². The van der Waals surface area contributed by atoms with Crippen molar-refractivity contribution in [3.8, 4) is 5.75 Å². The van der Waals surface area contributed by atoms with E-state index in [2.05, 4.69) is 21.2 Å². The number of hydrogen-bond donors (Lipinski definition) is 1. The molecule has 0 atom stereocenters. The van der Waals surface area contributed by atoms with Gasteiger partial charge in [0.1, 0.15) is 5.75 Å². The molecule has 0 aromatic heterocycles. The van der Waals surface area contributed by atoms with Gasteiger partial charge >= 0.3 is 0 Å². The molecule has 4 nitrogen and oxygen atoms in total. The van der Waals surface area contributed by atoms with Gasteiger partial charge < -0.3 is 10.1 Å². The lowest BCUT2D eigenvalue weighted by Crippen LogP contribution is -2.13. The number of ketones is 1. The Labute approximate surface area is 131 Å². The zero-order valence-corrected chi connectivity index (χ0v) is 13.2. The van der Waals surface area contributed by atoms with Crippen molar-refractivity contribution >= 4 is 33.3 Å². The lowest BCUT2D eigenvalue weighted by molar-refractivity contribution is 0.101. The number of ether oxygens (including phenoxy) is 1. The summed E-state index contributed by atoms with van der Waals surface area (Å²) in [4.78, 5) is 23.6. The summed E-state index contributed by atoms with van der Waals surface area (Å²) in [5, 5.41) is 2.76. The van der Waals surface area contributed by atoms with Crippen molar-refractivity contribution in [3.05, 3.63) is 58.1 Å². The molecular weight excluding hydrogens is 334 g/mol. The number of amides is 1. The Morgan fingerprint density at radius 2 is 1.90 bits per heavy atom. The first-order valence-corrected chi connectivity index (χ1v) is 7.06. The van der Waals surface area contributed by atoms with E-state index in [-0.39, 0.29) is 11.7 Å². The molecule has 0 fully saturated rings. The second kappa shape index (κ2) is 6.54. The molecule has 2 aromatic rings. The predicted molar refractivity (Wildman–Crippen MR) is 85.1 cm³/mol. The first-order chi connectivity index (χ1) is 10.0. The van der Waals surface area contributed by atoms with E-state index in [1.807, 2.05) is 0 Å². The fourth-order valence-electron chi connectivity index (χ4n) is 1.87. The number of benzene rings is 2. The van der Waals surface area contributed by atoms with Gasteiger partial charge in [0.15, 0.2) is 5.78 Å². The van der Waals surface area contributed by atoms with Gasteiger partial charge in [0.05, 0.1) is 12.7 Å². The number of halogens is 1. The maximum Gasteiger partial charge on any atom is 0.259 e. The zero-order valence-electron chi connectivity index (χ0n) is 11.6. The lowest BCUT2D eigenvalue weighted by atomic mass is 10.1. The summed E-state index contributed by atoms with van der Waals surface area (Å²) in [6.07, 6.45) is 0. The van der Waals surface area contributed by atoms with Crippen LogP contribution in [0.4, 0.5) is 5.69 Å². The largest absolute Gasteiger partial charge is 0.496 e. The van der Waals surface area contributed by atoms with E-state index >= 15 is 0 Å². The first kappa shape index (κ1) is 15.3. The molecule has 5 heteroatoms.